The molecule has 0 saturated heterocycles. The van der Waals surface area contributed by atoms with Gasteiger partial charge < -0.3 is 10.4 Å². The van der Waals surface area contributed by atoms with Crippen LogP contribution >= 0.6 is 11.3 Å². The molecule has 1 aliphatic carbocycles. The number of carboxylic acid groups (broad SMARTS) is 1. The molecule has 0 aliphatic heterocycles. The lowest BCUT2D eigenvalue weighted by Gasteiger charge is -2.16. The van der Waals surface area contributed by atoms with Crippen LogP contribution in [-0.2, 0) is 17.6 Å². The van der Waals surface area contributed by atoms with Crippen molar-refractivity contribution in [2.75, 3.05) is 11.9 Å². The van der Waals surface area contributed by atoms with Crippen molar-refractivity contribution in [1.29, 1.82) is 0 Å². The van der Waals surface area contributed by atoms with E-state index in [0.29, 0.717) is 12.4 Å². The summed E-state index contributed by atoms with van der Waals surface area (Å²) in [6.45, 7) is 0.348. The Hall–Kier alpha value is -2.47. The van der Waals surface area contributed by atoms with Gasteiger partial charge in [-0.15, -0.1) is 11.3 Å². The molecule has 0 saturated carbocycles. The Bertz CT molecular complexity index is 936. The summed E-state index contributed by atoms with van der Waals surface area (Å²) in [7, 11) is 0. The van der Waals surface area contributed by atoms with Crippen LogP contribution in [0, 0.1) is 0 Å². The van der Waals surface area contributed by atoms with Crippen LogP contribution in [0.2, 0.25) is 0 Å². The number of hydrogen-bond acceptors (Lipinski definition) is 5. The van der Waals surface area contributed by atoms with E-state index in [4.69, 9.17) is 5.11 Å². The first-order valence-corrected chi connectivity index (χ1v) is 9.40. The third kappa shape index (κ3) is 3.22. The molecular weight excluding hydrogens is 334 g/mol. The van der Waals surface area contributed by atoms with Gasteiger partial charge in [-0.1, -0.05) is 18.2 Å². The maximum absolute atomic E-state index is 10.8. The Morgan fingerprint density at radius 3 is 2.88 bits per heavy atom. The smallest absolute Gasteiger partial charge is 0.305 e. The summed E-state index contributed by atoms with van der Waals surface area (Å²) in [5.74, 6) is -0.113. The van der Waals surface area contributed by atoms with Crippen molar-refractivity contribution in [3.63, 3.8) is 0 Å². The molecule has 128 valence electrons. The molecule has 5 nitrogen and oxygen atoms in total. The number of carbonyl (C=O) groups is 1. The maximum Gasteiger partial charge on any atom is 0.305 e. The first kappa shape index (κ1) is 16.0. The fourth-order valence-electron chi connectivity index (χ4n) is 3.41. The van der Waals surface area contributed by atoms with Gasteiger partial charge in [0.05, 0.1) is 11.8 Å². The lowest BCUT2D eigenvalue weighted by molar-refractivity contribution is -0.136. The molecule has 0 amide bonds. The molecule has 0 atom stereocenters. The average Bonchev–Trinajstić information content (AvgIpc) is 3.06. The maximum atomic E-state index is 10.8. The predicted octanol–water partition coefficient (Wildman–Crippen LogP) is 4.12. The summed E-state index contributed by atoms with van der Waals surface area (Å²) in [5, 5.41) is 15.1. The molecule has 25 heavy (non-hydrogen) atoms. The molecule has 0 radical (unpaired) electrons. The SMILES string of the molecule is O=C(O)CCNc1ncnc2scc(-c3ccc4c(c3)CCCC4)c12. The Labute approximate surface area is 149 Å². The molecule has 0 spiro atoms. The molecule has 0 bridgehead atoms. The van der Waals surface area contributed by atoms with Crippen LogP contribution in [0.1, 0.15) is 30.4 Å². The number of fused-ring (bicyclic) bond motifs is 2. The Morgan fingerprint density at radius 2 is 2.04 bits per heavy atom. The van der Waals surface area contributed by atoms with Gasteiger partial charge in [0.25, 0.3) is 0 Å². The Morgan fingerprint density at radius 1 is 1.20 bits per heavy atom. The number of nitrogens with zero attached hydrogens (tertiary/aromatic N) is 2. The van der Waals surface area contributed by atoms with Crippen LogP contribution in [0.3, 0.4) is 0 Å². The summed E-state index contributed by atoms with van der Waals surface area (Å²) in [6.07, 6.45) is 6.43. The fraction of sp³-hybridized carbons (Fsp3) is 0.316. The Balaban J connectivity index is 1.73. The molecule has 0 unspecified atom stereocenters. The number of aliphatic carboxylic acids is 1. The van der Waals surface area contributed by atoms with Gasteiger partial charge >= 0.3 is 5.97 Å². The number of nitrogens with one attached hydrogen (secondary N) is 1. The van der Waals surface area contributed by atoms with Gasteiger partial charge in [0, 0.05) is 17.5 Å². The molecule has 2 N–H and O–H groups in total. The lowest BCUT2D eigenvalue weighted by atomic mass is 9.89. The van der Waals surface area contributed by atoms with E-state index in [1.54, 1.807) is 11.3 Å². The number of rotatable bonds is 5. The van der Waals surface area contributed by atoms with Crippen molar-refractivity contribution in [2.45, 2.75) is 32.1 Å². The van der Waals surface area contributed by atoms with Crippen molar-refractivity contribution < 1.29 is 9.90 Å². The summed E-state index contributed by atoms with van der Waals surface area (Å²) in [6, 6.07) is 6.72. The summed E-state index contributed by atoms with van der Waals surface area (Å²) in [5.41, 5.74) is 5.21. The zero-order valence-electron chi connectivity index (χ0n) is 13.8. The van der Waals surface area contributed by atoms with Crippen LogP contribution in [0.25, 0.3) is 21.3 Å². The minimum absolute atomic E-state index is 0.0593. The van der Waals surface area contributed by atoms with Gasteiger partial charge in [0.1, 0.15) is 17.0 Å². The number of carboxylic acids is 1. The largest absolute Gasteiger partial charge is 0.481 e. The van der Waals surface area contributed by atoms with Crippen LogP contribution < -0.4 is 5.32 Å². The minimum atomic E-state index is -0.821. The molecule has 2 heterocycles. The first-order chi connectivity index (χ1) is 12.2. The number of aryl methyl sites for hydroxylation is 2. The second kappa shape index (κ2) is 6.80. The van der Waals surface area contributed by atoms with Crippen LogP contribution in [0.4, 0.5) is 5.82 Å². The van der Waals surface area contributed by atoms with Gasteiger partial charge in [0.15, 0.2) is 0 Å². The van der Waals surface area contributed by atoms with E-state index in [-0.39, 0.29) is 6.42 Å². The van der Waals surface area contributed by atoms with E-state index in [2.05, 4.69) is 38.9 Å². The van der Waals surface area contributed by atoms with Crippen LogP contribution in [0.15, 0.2) is 29.9 Å². The molecule has 0 fully saturated rings. The predicted molar refractivity (Wildman–Crippen MR) is 100 cm³/mol. The molecule has 1 aliphatic rings. The number of benzene rings is 1. The van der Waals surface area contributed by atoms with Gasteiger partial charge in [-0.3, -0.25) is 4.79 Å². The van der Waals surface area contributed by atoms with Crippen molar-refractivity contribution in [3.05, 3.63) is 41.0 Å². The highest BCUT2D eigenvalue weighted by Gasteiger charge is 2.15. The van der Waals surface area contributed by atoms with Gasteiger partial charge in [-0.05, 0) is 42.4 Å². The van der Waals surface area contributed by atoms with Gasteiger partial charge in [-0.25, -0.2) is 9.97 Å². The van der Waals surface area contributed by atoms with E-state index < -0.39 is 5.97 Å². The summed E-state index contributed by atoms with van der Waals surface area (Å²) < 4.78 is 0. The van der Waals surface area contributed by atoms with E-state index in [1.165, 1.54) is 42.3 Å². The molecular formula is C19H19N3O2S. The van der Waals surface area contributed by atoms with Crippen molar-refractivity contribution >= 4 is 33.3 Å². The standard InChI is InChI=1S/C19H19N3O2S/c23-16(24)7-8-20-18-17-15(10-25-19(17)22-11-21-18)14-6-5-12-3-1-2-4-13(12)9-14/h5-6,9-11H,1-4,7-8H2,(H,23,24)(H,20,21,22). The first-order valence-electron chi connectivity index (χ1n) is 8.52. The number of hydrogen-bond donors (Lipinski definition) is 2. The number of anilines is 1. The molecule has 2 aromatic heterocycles. The highest BCUT2D eigenvalue weighted by molar-refractivity contribution is 7.17. The van der Waals surface area contributed by atoms with Crippen LogP contribution in [0.5, 0.6) is 0 Å². The lowest BCUT2D eigenvalue weighted by Crippen LogP contribution is -2.09. The zero-order valence-corrected chi connectivity index (χ0v) is 14.6. The number of aromatic nitrogens is 2. The van der Waals surface area contributed by atoms with Crippen LogP contribution in [-0.4, -0.2) is 27.6 Å². The van der Waals surface area contributed by atoms with Gasteiger partial charge in [0.2, 0.25) is 0 Å². The monoisotopic (exact) mass is 353 g/mol. The molecule has 1 aromatic carbocycles. The third-order valence-electron chi connectivity index (χ3n) is 4.66. The second-order valence-corrected chi connectivity index (χ2v) is 7.17. The number of thiophene rings is 1. The van der Waals surface area contributed by atoms with Gasteiger partial charge in [-0.2, -0.15) is 0 Å². The minimum Gasteiger partial charge on any atom is -0.481 e. The molecule has 4 rings (SSSR count). The normalized spacial score (nSPS) is 13.6. The van der Waals surface area contributed by atoms with E-state index in [0.717, 1.165) is 22.2 Å². The fourth-order valence-corrected chi connectivity index (χ4v) is 4.33. The molecule has 6 heteroatoms. The summed E-state index contributed by atoms with van der Waals surface area (Å²) in [4.78, 5) is 20.4. The average molecular weight is 353 g/mol. The van der Waals surface area contributed by atoms with Crippen molar-refractivity contribution in [2.24, 2.45) is 0 Å². The zero-order chi connectivity index (χ0) is 17.2. The van der Waals surface area contributed by atoms with E-state index in [1.807, 2.05) is 0 Å². The second-order valence-electron chi connectivity index (χ2n) is 6.31. The highest BCUT2D eigenvalue weighted by atomic mass is 32.1. The third-order valence-corrected chi connectivity index (χ3v) is 5.55. The summed E-state index contributed by atoms with van der Waals surface area (Å²) >= 11 is 1.59. The Kier molecular flexibility index (Phi) is 4.36. The van der Waals surface area contributed by atoms with E-state index in [9.17, 15) is 4.79 Å². The quantitative estimate of drug-likeness (QED) is 0.721. The molecule has 3 aromatic rings. The van der Waals surface area contributed by atoms with Crippen molar-refractivity contribution in [1.82, 2.24) is 9.97 Å². The van der Waals surface area contributed by atoms with Crippen molar-refractivity contribution in [3.8, 4) is 11.1 Å². The topological polar surface area (TPSA) is 75.1 Å². The van der Waals surface area contributed by atoms with E-state index >= 15 is 0 Å². The highest BCUT2D eigenvalue weighted by Crippen LogP contribution is 2.37.